The molecule has 180 valence electrons. The molecule has 0 spiro atoms. The molecule has 0 aliphatic heterocycles. The van der Waals surface area contributed by atoms with Crippen molar-refractivity contribution in [3.8, 4) is 0 Å². The molecule has 0 amide bonds. The van der Waals surface area contributed by atoms with Gasteiger partial charge in [-0.15, -0.1) is 0 Å². The van der Waals surface area contributed by atoms with Crippen molar-refractivity contribution in [2.24, 2.45) is 11.8 Å². The second kappa shape index (κ2) is 22.2. The van der Waals surface area contributed by atoms with Crippen LogP contribution in [0, 0.1) is 11.8 Å². The summed E-state index contributed by atoms with van der Waals surface area (Å²) in [7, 11) is 0. The van der Waals surface area contributed by atoms with E-state index >= 15 is 0 Å². The van der Waals surface area contributed by atoms with Gasteiger partial charge in [-0.3, -0.25) is 0 Å². The number of unbranched alkanes of at least 4 members (excludes halogenated alkanes) is 19. The Morgan fingerprint density at radius 1 is 0.467 bits per heavy atom. The molecule has 0 aromatic heterocycles. The fourth-order valence-electron chi connectivity index (χ4n) is 5.66. The second-order valence-electron chi connectivity index (χ2n) is 10.9. The van der Waals surface area contributed by atoms with Crippen LogP contribution in [0.5, 0.6) is 0 Å². The van der Waals surface area contributed by atoms with Gasteiger partial charge in [-0.25, -0.2) is 0 Å². The molecule has 30 heavy (non-hydrogen) atoms. The third kappa shape index (κ3) is 17.7. The predicted molar refractivity (Wildman–Crippen MR) is 138 cm³/mol. The maximum atomic E-state index is 2.53. The van der Waals surface area contributed by atoms with Gasteiger partial charge in [-0.1, -0.05) is 181 Å². The molecule has 1 rings (SSSR count). The minimum atomic E-state index is 1.00. The summed E-state index contributed by atoms with van der Waals surface area (Å²) >= 11 is 0. The summed E-state index contributed by atoms with van der Waals surface area (Å²) in [5.74, 6) is 2.07. The van der Waals surface area contributed by atoms with E-state index in [9.17, 15) is 0 Å². The van der Waals surface area contributed by atoms with E-state index in [0.717, 1.165) is 11.8 Å². The molecule has 1 atom stereocenters. The van der Waals surface area contributed by atoms with Crippen LogP contribution in [0.4, 0.5) is 0 Å². The molecule has 1 saturated carbocycles. The van der Waals surface area contributed by atoms with E-state index in [2.05, 4.69) is 13.8 Å². The highest BCUT2D eigenvalue weighted by atomic mass is 14.2. The minimum Gasteiger partial charge on any atom is -0.0654 e. The van der Waals surface area contributed by atoms with Crippen molar-refractivity contribution in [1.29, 1.82) is 0 Å². The van der Waals surface area contributed by atoms with Crippen molar-refractivity contribution in [2.45, 2.75) is 181 Å². The minimum absolute atomic E-state index is 1.00. The summed E-state index contributed by atoms with van der Waals surface area (Å²) in [5, 5.41) is 0. The van der Waals surface area contributed by atoms with Gasteiger partial charge in [0.05, 0.1) is 0 Å². The fourth-order valence-corrected chi connectivity index (χ4v) is 5.66. The molecule has 1 unspecified atom stereocenters. The quantitative estimate of drug-likeness (QED) is 0.153. The van der Waals surface area contributed by atoms with E-state index in [4.69, 9.17) is 0 Å². The molecule has 1 aliphatic carbocycles. The van der Waals surface area contributed by atoms with Crippen LogP contribution < -0.4 is 0 Å². The predicted octanol–water partition coefficient (Wildman–Crippen LogP) is 11.4. The molecule has 0 saturated heterocycles. The molecule has 0 aromatic carbocycles. The molecular weight excluding hydrogens is 360 g/mol. The summed E-state index contributed by atoms with van der Waals surface area (Å²) in [6.07, 6.45) is 38.8. The molecule has 0 heteroatoms. The molecular formula is C30H60. The first-order valence-electron chi connectivity index (χ1n) is 14.8. The molecule has 1 fully saturated rings. The van der Waals surface area contributed by atoms with Crippen molar-refractivity contribution in [3.63, 3.8) is 0 Å². The zero-order valence-electron chi connectivity index (χ0n) is 21.5. The molecule has 0 N–H and O–H groups in total. The van der Waals surface area contributed by atoms with E-state index in [1.165, 1.54) is 167 Å². The first-order chi connectivity index (χ1) is 14.8. The van der Waals surface area contributed by atoms with Crippen LogP contribution in [-0.4, -0.2) is 0 Å². The topological polar surface area (TPSA) is 0 Å². The Balaban J connectivity index is 1.68. The van der Waals surface area contributed by atoms with Gasteiger partial charge >= 0.3 is 0 Å². The van der Waals surface area contributed by atoms with E-state index in [-0.39, 0.29) is 0 Å². The first kappa shape index (κ1) is 28.0. The van der Waals surface area contributed by atoms with Gasteiger partial charge in [0.2, 0.25) is 0 Å². The number of rotatable bonds is 22. The normalized spacial score (nSPS) is 16.2. The summed E-state index contributed by atoms with van der Waals surface area (Å²) in [4.78, 5) is 0. The zero-order valence-corrected chi connectivity index (χ0v) is 21.5. The molecule has 0 nitrogen and oxygen atoms in total. The lowest BCUT2D eigenvalue weighted by Crippen LogP contribution is -2.15. The van der Waals surface area contributed by atoms with Crippen LogP contribution in [0.2, 0.25) is 0 Å². The molecule has 0 heterocycles. The van der Waals surface area contributed by atoms with Crippen molar-refractivity contribution in [1.82, 2.24) is 0 Å². The standard InChI is InChI=1S/C30H60/c1-3-4-5-6-7-8-9-10-11-12-13-14-15-16-17-18-19-20-21-23-26-29(2)30-27-24-22-25-28-30/h29-30H,3-28H2,1-2H3. The van der Waals surface area contributed by atoms with Gasteiger partial charge in [0.15, 0.2) is 0 Å². The van der Waals surface area contributed by atoms with Gasteiger partial charge in [0.1, 0.15) is 0 Å². The van der Waals surface area contributed by atoms with Crippen LogP contribution in [0.15, 0.2) is 0 Å². The molecule has 0 aromatic rings. The van der Waals surface area contributed by atoms with Gasteiger partial charge in [0, 0.05) is 0 Å². The lowest BCUT2D eigenvalue weighted by atomic mass is 9.79. The highest BCUT2D eigenvalue weighted by molar-refractivity contribution is 4.71. The van der Waals surface area contributed by atoms with Crippen LogP contribution in [0.25, 0.3) is 0 Å². The van der Waals surface area contributed by atoms with E-state index < -0.39 is 0 Å². The lowest BCUT2D eigenvalue weighted by Gasteiger charge is -2.27. The Labute approximate surface area is 192 Å². The Hall–Kier alpha value is 0. The Morgan fingerprint density at radius 3 is 1.17 bits per heavy atom. The summed E-state index contributed by atoms with van der Waals surface area (Å²) < 4.78 is 0. The third-order valence-corrected chi connectivity index (χ3v) is 7.97. The van der Waals surface area contributed by atoms with E-state index in [1.54, 1.807) is 0 Å². The van der Waals surface area contributed by atoms with Crippen LogP contribution in [0.3, 0.4) is 0 Å². The van der Waals surface area contributed by atoms with Crippen LogP contribution in [0.1, 0.15) is 181 Å². The number of hydrogen-bond acceptors (Lipinski definition) is 0. The van der Waals surface area contributed by atoms with Crippen molar-refractivity contribution < 1.29 is 0 Å². The van der Waals surface area contributed by atoms with Gasteiger partial charge in [0.25, 0.3) is 0 Å². The fraction of sp³-hybridized carbons (Fsp3) is 1.00. The van der Waals surface area contributed by atoms with Crippen molar-refractivity contribution >= 4 is 0 Å². The lowest BCUT2D eigenvalue weighted by molar-refractivity contribution is 0.247. The second-order valence-corrected chi connectivity index (χ2v) is 10.9. The Bertz CT molecular complexity index is 314. The van der Waals surface area contributed by atoms with Gasteiger partial charge in [-0.05, 0) is 11.8 Å². The first-order valence-corrected chi connectivity index (χ1v) is 14.8. The maximum absolute atomic E-state index is 2.53. The highest BCUT2D eigenvalue weighted by Crippen LogP contribution is 2.32. The SMILES string of the molecule is CCCCCCCCCCCCCCCCCCCCCCC(C)C1CCCCC1. The van der Waals surface area contributed by atoms with E-state index in [0.29, 0.717) is 0 Å². The average molecular weight is 421 g/mol. The van der Waals surface area contributed by atoms with Gasteiger partial charge < -0.3 is 0 Å². The zero-order chi connectivity index (χ0) is 21.5. The van der Waals surface area contributed by atoms with E-state index in [1.807, 2.05) is 0 Å². The maximum Gasteiger partial charge on any atom is -0.0388 e. The summed E-state index contributed by atoms with van der Waals surface area (Å²) in [6.45, 7) is 4.84. The Morgan fingerprint density at radius 2 is 0.800 bits per heavy atom. The average Bonchev–Trinajstić information content (AvgIpc) is 2.78. The summed E-state index contributed by atoms with van der Waals surface area (Å²) in [5.41, 5.74) is 0. The third-order valence-electron chi connectivity index (χ3n) is 7.97. The Kier molecular flexibility index (Phi) is 20.7. The van der Waals surface area contributed by atoms with Crippen molar-refractivity contribution in [2.75, 3.05) is 0 Å². The monoisotopic (exact) mass is 420 g/mol. The molecule has 0 bridgehead atoms. The van der Waals surface area contributed by atoms with Crippen molar-refractivity contribution in [3.05, 3.63) is 0 Å². The van der Waals surface area contributed by atoms with Crippen LogP contribution in [-0.2, 0) is 0 Å². The van der Waals surface area contributed by atoms with Crippen LogP contribution >= 0.6 is 0 Å². The summed E-state index contributed by atoms with van der Waals surface area (Å²) in [6, 6.07) is 0. The number of hydrogen-bond donors (Lipinski definition) is 0. The molecule has 1 aliphatic rings. The highest BCUT2D eigenvalue weighted by Gasteiger charge is 2.19. The smallest absolute Gasteiger partial charge is 0.0388 e. The molecule has 0 radical (unpaired) electrons. The largest absolute Gasteiger partial charge is 0.0654 e. The van der Waals surface area contributed by atoms with Gasteiger partial charge in [-0.2, -0.15) is 0 Å².